The summed E-state index contributed by atoms with van der Waals surface area (Å²) >= 11 is 0. The molecule has 0 bridgehead atoms. The van der Waals surface area contributed by atoms with E-state index in [1.54, 1.807) is 0 Å². The van der Waals surface area contributed by atoms with Gasteiger partial charge in [-0.15, -0.1) is 0 Å². The molecule has 1 aliphatic carbocycles. The van der Waals surface area contributed by atoms with Crippen LogP contribution in [0.1, 0.15) is 24.8 Å². The molecular formula is C12H13N. The van der Waals surface area contributed by atoms with Crippen LogP contribution in [0.4, 0.5) is 0 Å². The minimum atomic E-state index is -0.0264. The molecule has 1 saturated carbocycles. The standard InChI is InChI=1S/C12H13N/c13-10-12(7-4-8-12)9-11-5-2-1-3-6-11/h1-3,5-6H,4,7-9H2. The van der Waals surface area contributed by atoms with E-state index in [0.29, 0.717) is 0 Å². The van der Waals surface area contributed by atoms with Crippen molar-refractivity contribution in [1.82, 2.24) is 0 Å². The first-order valence-electron chi connectivity index (χ1n) is 4.80. The number of benzene rings is 1. The van der Waals surface area contributed by atoms with Crippen LogP contribution in [-0.2, 0) is 6.42 Å². The zero-order valence-corrected chi connectivity index (χ0v) is 7.66. The van der Waals surface area contributed by atoms with Crippen LogP contribution in [0.5, 0.6) is 0 Å². The molecular weight excluding hydrogens is 158 g/mol. The highest BCUT2D eigenvalue weighted by Gasteiger charge is 2.36. The maximum atomic E-state index is 9.05. The fourth-order valence-electron chi connectivity index (χ4n) is 1.92. The molecule has 0 aromatic heterocycles. The SMILES string of the molecule is N#CC1(Cc2ccccc2)CCC1. The predicted octanol–water partition coefficient (Wildman–Crippen LogP) is 2.92. The number of rotatable bonds is 2. The van der Waals surface area contributed by atoms with Gasteiger partial charge >= 0.3 is 0 Å². The summed E-state index contributed by atoms with van der Waals surface area (Å²) in [6.45, 7) is 0. The molecule has 0 radical (unpaired) electrons. The van der Waals surface area contributed by atoms with Crippen molar-refractivity contribution in [3.8, 4) is 6.07 Å². The van der Waals surface area contributed by atoms with Gasteiger partial charge < -0.3 is 0 Å². The Hall–Kier alpha value is -1.29. The molecule has 66 valence electrons. The van der Waals surface area contributed by atoms with Crippen molar-refractivity contribution in [3.63, 3.8) is 0 Å². The summed E-state index contributed by atoms with van der Waals surface area (Å²) in [7, 11) is 0. The van der Waals surface area contributed by atoms with E-state index < -0.39 is 0 Å². The minimum Gasteiger partial charge on any atom is -0.198 e. The van der Waals surface area contributed by atoms with E-state index in [0.717, 1.165) is 19.3 Å². The van der Waals surface area contributed by atoms with Crippen LogP contribution in [0.15, 0.2) is 30.3 Å². The van der Waals surface area contributed by atoms with Gasteiger partial charge in [-0.1, -0.05) is 36.8 Å². The number of hydrogen-bond donors (Lipinski definition) is 0. The summed E-state index contributed by atoms with van der Waals surface area (Å²) < 4.78 is 0. The average Bonchev–Trinajstić information content (AvgIpc) is 2.13. The second-order valence-corrected chi connectivity index (χ2v) is 3.91. The van der Waals surface area contributed by atoms with Crippen LogP contribution < -0.4 is 0 Å². The van der Waals surface area contributed by atoms with Gasteiger partial charge in [-0.05, 0) is 24.8 Å². The Labute approximate surface area is 79.0 Å². The Morgan fingerprint density at radius 2 is 1.92 bits per heavy atom. The van der Waals surface area contributed by atoms with Gasteiger partial charge in [0, 0.05) is 0 Å². The van der Waals surface area contributed by atoms with Gasteiger partial charge in [-0.25, -0.2) is 0 Å². The highest BCUT2D eigenvalue weighted by molar-refractivity contribution is 5.20. The van der Waals surface area contributed by atoms with E-state index in [1.165, 1.54) is 12.0 Å². The fourth-order valence-corrected chi connectivity index (χ4v) is 1.92. The third-order valence-corrected chi connectivity index (χ3v) is 2.93. The Morgan fingerprint density at radius 1 is 1.23 bits per heavy atom. The van der Waals surface area contributed by atoms with Crippen molar-refractivity contribution in [2.24, 2.45) is 5.41 Å². The molecule has 1 fully saturated rings. The molecule has 0 amide bonds. The molecule has 0 spiro atoms. The highest BCUT2D eigenvalue weighted by Crippen LogP contribution is 2.42. The first-order valence-corrected chi connectivity index (χ1v) is 4.80. The first kappa shape index (κ1) is 8.31. The normalized spacial score (nSPS) is 18.7. The molecule has 0 heterocycles. The minimum absolute atomic E-state index is 0.0264. The van der Waals surface area contributed by atoms with Gasteiger partial charge in [-0.3, -0.25) is 0 Å². The fraction of sp³-hybridized carbons (Fsp3) is 0.417. The molecule has 1 aromatic rings. The van der Waals surface area contributed by atoms with E-state index in [2.05, 4.69) is 18.2 Å². The van der Waals surface area contributed by atoms with Crippen LogP contribution in [0.25, 0.3) is 0 Å². The van der Waals surface area contributed by atoms with Gasteiger partial charge in [0.05, 0.1) is 11.5 Å². The van der Waals surface area contributed by atoms with E-state index in [4.69, 9.17) is 5.26 Å². The third-order valence-electron chi connectivity index (χ3n) is 2.93. The topological polar surface area (TPSA) is 23.8 Å². The monoisotopic (exact) mass is 171 g/mol. The van der Waals surface area contributed by atoms with Crippen molar-refractivity contribution in [1.29, 1.82) is 5.26 Å². The Morgan fingerprint density at radius 3 is 2.38 bits per heavy atom. The number of hydrogen-bond acceptors (Lipinski definition) is 1. The van der Waals surface area contributed by atoms with E-state index >= 15 is 0 Å². The lowest BCUT2D eigenvalue weighted by Gasteiger charge is -2.35. The predicted molar refractivity (Wildman–Crippen MR) is 52.0 cm³/mol. The van der Waals surface area contributed by atoms with Crippen LogP contribution in [0, 0.1) is 16.7 Å². The number of nitrogens with zero attached hydrogens (tertiary/aromatic N) is 1. The molecule has 0 N–H and O–H groups in total. The second kappa shape index (κ2) is 3.22. The van der Waals surface area contributed by atoms with Gasteiger partial charge in [0.1, 0.15) is 0 Å². The zero-order chi connectivity index (χ0) is 9.15. The van der Waals surface area contributed by atoms with E-state index in [1.807, 2.05) is 18.2 Å². The maximum Gasteiger partial charge on any atom is 0.0693 e. The van der Waals surface area contributed by atoms with Crippen molar-refractivity contribution in [3.05, 3.63) is 35.9 Å². The summed E-state index contributed by atoms with van der Waals surface area (Å²) in [6, 6.07) is 12.8. The van der Waals surface area contributed by atoms with Crippen LogP contribution >= 0.6 is 0 Å². The zero-order valence-electron chi connectivity index (χ0n) is 7.66. The smallest absolute Gasteiger partial charge is 0.0693 e. The second-order valence-electron chi connectivity index (χ2n) is 3.91. The lowest BCUT2D eigenvalue weighted by Crippen LogP contribution is -2.29. The Balaban J connectivity index is 2.10. The molecule has 13 heavy (non-hydrogen) atoms. The van der Waals surface area contributed by atoms with Gasteiger partial charge in [-0.2, -0.15) is 5.26 Å². The molecule has 0 aliphatic heterocycles. The first-order chi connectivity index (χ1) is 6.35. The Kier molecular flexibility index (Phi) is 2.06. The van der Waals surface area contributed by atoms with E-state index in [9.17, 15) is 0 Å². The molecule has 0 atom stereocenters. The quantitative estimate of drug-likeness (QED) is 0.671. The molecule has 1 aromatic carbocycles. The van der Waals surface area contributed by atoms with Gasteiger partial charge in [0.15, 0.2) is 0 Å². The maximum absolute atomic E-state index is 9.05. The van der Waals surface area contributed by atoms with Gasteiger partial charge in [0.25, 0.3) is 0 Å². The van der Waals surface area contributed by atoms with Gasteiger partial charge in [0.2, 0.25) is 0 Å². The molecule has 1 heteroatoms. The van der Waals surface area contributed by atoms with Crippen molar-refractivity contribution >= 4 is 0 Å². The van der Waals surface area contributed by atoms with Crippen LogP contribution in [0.2, 0.25) is 0 Å². The number of nitriles is 1. The summed E-state index contributed by atoms with van der Waals surface area (Å²) in [4.78, 5) is 0. The van der Waals surface area contributed by atoms with Crippen molar-refractivity contribution in [2.45, 2.75) is 25.7 Å². The largest absolute Gasteiger partial charge is 0.198 e. The highest BCUT2D eigenvalue weighted by atomic mass is 14.4. The molecule has 1 aliphatic rings. The molecule has 0 saturated heterocycles. The van der Waals surface area contributed by atoms with Crippen LogP contribution in [0.3, 0.4) is 0 Å². The molecule has 1 nitrogen and oxygen atoms in total. The Bertz CT molecular complexity index is 317. The summed E-state index contributed by atoms with van der Waals surface area (Å²) in [5, 5.41) is 9.05. The summed E-state index contributed by atoms with van der Waals surface area (Å²) in [5.41, 5.74) is 1.27. The molecule has 0 unspecified atom stereocenters. The van der Waals surface area contributed by atoms with Crippen molar-refractivity contribution < 1.29 is 0 Å². The van der Waals surface area contributed by atoms with E-state index in [-0.39, 0.29) is 5.41 Å². The summed E-state index contributed by atoms with van der Waals surface area (Å²) in [6.07, 6.45) is 4.32. The van der Waals surface area contributed by atoms with Crippen molar-refractivity contribution in [2.75, 3.05) is 0 Å². The lowest BCUT2D eigenvalue weighted by molar-refractivity contribution is 0.214. The molecule has 2 rings (SSSR count). The third kappa shape index (κ3) is 1.58. The lowest BCUT2D eigenvalue weighted by atomic mass is 9.66. The summed E-state index contributed by atoms with van der Waals surface area (Å²) in [5.74, 6) is 0. The average molecular weight is 171 g/mol. The van der Waals surface area contributed by atoms with Crippen LogP contribution in [-0.4, -0.2) is 0 Å².